The van der Waals surface area contributed by atoms with Crippen molar-refractivity contribution in [3.05, 3.63) is 29.3 Å². The topological polar surface area (TPSA) is 29.1 Å². The van der Waals surface area contributed by atoms with Crippen molar-refractivity contribution >= 4 is 11.6 Å². The van der Waals surface area contributed by atoms with Gasteiger partial charge in [-0.05, 0) is 31.4 Å². The van der Waals surface area contributed by atoms with Crippen molar-refractivity contribution in [2.75, 3.05) is 5.32 Å². The Hall–Kier alpha value is -1.31. The molecule has 1 N–H and O–H groups in total. The number of unbranched alkanes of at least 4 members (excludes halogenated alkanes) is 1. The minimum Gasteiger partial charge on any atom is -0.325 e. The summed E-state index contributed by atoms with van der Waals surface area (Å²) in [7, 11) is 0. The zero-order valence-electron chi connectivity index (χ0n) is 11.3. The van der Waals surface area contributed by atoms with Crippen molar-refractivity contribution in [2.24, 2.45) is 5.92 Å². The first-order chi connectivity index (χ1) is 8.06. The van der Waals surface area contributed by atoms with Gasteiger partial charge < -0.3 is 5.32 Å². The summed E-state index contributed by atoms with van der Waals surface area (Å²) in [5, 5.41) is 3.05. The summed E-state index contributed by atoms with van der Waals surface area (Å²) in [5.41, 5.74) is 3.22. The number of anilines is 1. The molecule has 0 aromatic heterocycles. The molecule has 0 heterocycles. The fourth-order valence-electron chi connectivity index (χ4n) is 1.90. The first-order valence-corrected chi connectivity index (χ1v) is 6.43. The first-order valence-electron chi connectivity index (χ1n) is 6.43. The maximum Gasteiger partial charge on any atom is 0.227 e. The standard InChI is InChI=1S/C15H23NO/c1-5-6-8-13(4)15(17)16-14-11(2)9-7-10-12(14)3/h7,9-10,13H,5-6,8H2,1-4H3,(H,16,17). The summed E-state index contributed by atoms with van der Waals surface area (Å²) in [6, 6.07) is 6.07. The second-order valence-electron chi connectivity index (χ2n) is 4.80. The molecule has 0 saturated heterocycles. The highest BCUT2D eigenvalue weighted by Gasteiger charge is 2.14. The predicted octanol–water partition coefficient (Wildman–Crippen LogP) is 4.07. The van der Waals surface area contributed by atoms with Crippen LogP contribution in [-0.2, 0) is 4.79 Å². The molecule has 0 aliphatic rings. The number of nitrogens with one attached hydrogen (secondary N) is 1. The number of hydrogen-bond donors (Lipinski definition) is 1. The van der Waals surface area contributed by atoms with E-state index in [1.54, 1.807) is 0 Å². The first kappa shape index (κ1) is 13.8. The smallest absolute Gasteiger partial charge is 0.227 e. The van der Waals surface area contributed by atoms with E-state index in [9.17, 15) is 4.79 Å². The highest BCUT2D eigenvalue weighted by molar-refractivity contribution is 5.93. The van der Waals surface area contributed by atoms with E-state index in [1.807, 2.05) is 39.0 Å². The summed E-state index contributed by atoms with van der Waals surface area (Å²) in [6.45, 7) is 8.20. The molecule has 2 nitrogen and oxygen atoms in total. The lowest BCUT2D eigenvalue weighted by molar-refractivity contribution is -0.119. The van der Waals surface area contributed by atoms with Crippen molar-refractivity contribution in [3.63, 3.8) is 0 Å². The maximum absolute atomic E-state index is 12.0. The molecule has 1 amide bonds. The van der Waals surface area contributed by atoms with E-state index in [0.717, 1.165) is 36.1 Å². The van der Waals surface area contributed by atoms with Gasteiger partial charge in [0.1, 0.15) is 0 Å². The highest BCUT2D eigenvalue weighted by atomic mass is 16.1. The molecule has 0 saturated carbocycles. The van der Waals surface area contributed by atoms with E-state index in [2.05, 4.69) is 12.2 Å². The minimum absolute atomic E-state index is 0.0916. The maximum atomic E-state index is 12.0. The number of aryl methyl sites for hydroxylation is 2. The zero-order chi connectivity index (χ0) is 12.8. The Morgan fingerprint density at radius 3 is 2.41 bits per heavy atom. The van der Waals surface area contributed by atoms with Crippen LogP contribution in [0.15, 0.2) is 18.2 Å². The number of hydrogen-bond acceptors (Lipinski definition) is 1. The summed E-state index contributed by atoms with van der Waals surface area (Å²) >= 11 is 0. The molecule has 1 rings (SSSR count). The van der Waals surface area contributed by atoms with Gasteiger partial charge in [0, 0.05) is 11.6 Å². The van der Waals surface area contributed by atoms with Crippen molar-refractivity contribution < 1.29 is 4.79 Å². The quantitative estimate of drug-likeness (QED) is 0.816. The summed E-state index contributed by atoms with van der Waals surface area (Å²) in [6.07, 6.45) is 3.22. The minimum atomic E-state index is 0.0916. The van der Waals surface area contributed by atoms with Crippen LogP contribution in [0.4, 0.5) is 5.69 Å². The van der Waals surface area contributed by atoms with Crippen LogP contribution in [-0.4, -0.2) is 5.91 Å². The van der Waals surface area contributed by atoms with Gasteiger partial charge in [0.15, 0.2) is 0 Å². The monoisotopic (exact) mass is 233 g/mol. The SMILES string of the molecule is CCCCC(C)C(=O)Nc1c(C)cccc1C. The number of rotatable bonds is 5. The Bertz CT molecular complexity index is 364. The second-order valence-corrected chi connectivity index (χ2v) is 4.80. The van der Waals surface area contributed by atoms with E-state index < -0.39 is 0 Å². The molecule has 0 aliphatic carbocycles. The molecular formula is C15H23NO. The molecular weight excluding hydrogens is 210 g/mol. The van der Waals surface area contributed by atoms with Gasteiger partial charge in [-0.15, -0.1) is 0 Å². The number of para-hydroxylation sites is 1. The fraction of sp³-hybridized carbons (Fsp3) is 0.533. The van der Waals surface area contributed by atoms with Crippen LogP contribution in [0.3, 0.4) is 0 Å². The fourth-order valence-corrected chi connectivity index (χ4v) is 1.90. The number of benzene rings is 1. The molecule has 0 fully saturated rings. The predicted molar refractivity (Wildman–Crippen MR) is 73.2 cm³/mol. The van der Waals surface area contributed by atoms with Crippen LogP contribution >= 0.6 is 0 Å². The molecule has 1 aromatic rings. The van der Waals surface area contributed by atoms with Crippen LogP contribution in [0.2, 0.25) is 0 Å². The number of carbonyl (C=O) groups is 1. The van der Waals surface area contributed by atoms with Crippen LogP contribution in [0.5, 0.6) is 0 Å². The lowest BCUT2D eigenvalue weighted by atomic mass is 10.0. The average molecular weight is 233 g/mol. The van der Waals surface area contributed by atoms with E-state index >= 15 is 0 Å². The Morgan fingerprint density at radius 2 is 1.88 bits per heavy atom. The molecule has 17 heavy (non-hydrogen) atoms. The summed E-state index contributed by atoms with van der Waals surface area (Å²) in [4.78, 5) is 12.0. The number of amides is 1. The Labute approximate surface area is 104 Å². The molecule has 0 aliphatic heterocycles. The molecule has 94 valence electrons. The van der Waals surface area contributed by atoms with Crippen molar-refractivity contribution in [1.29, 1.82) is 0 Å². The van der Waals surface area contributed by atoms with Crippen LogP contribution < -0.4 is 5.32 Å². The lowest BCUT2D eigenvalue weighted by Gasteiger charge is -2.15. The third-order valence-electron chi connectivity index (χ3n) is 3.17. The van der Waals surface area contributed by atoms with Gasteiger partial charge in [0.25, 0.3) is 0 Å². The van der Waals surface area contributed by atoms with Crippen molar-refractivity contribution in [3.8, 4) is 0 Å². The molecule has 1 unspecified atom stereocenters. The summed E-state index contributed by atoms with van der Waals surface area (Å²) < 4.78 is 0. The Kier molecular flexibility index (Phi) is 5.20. The van der Waals surface area contributed by atoms with Crippen LogP contribution in [0.1, 0.15) is 44.2 Å². The van der Waals surface area contributed by atoms with Gasteiger partial charge in [-0.2, -0.15) is 0 Å². The van der Waals surface area contributed by atoms with Gasteiger partial charge in [-0.3, -0.25) is 4.79 Å². The molecule has 0 radical (unpaired) electrons. The van der Waals surface area contributed by atoms with Gasteiger partial charge in [0.2, 0.25) is 5.91 Å². The molecule has 1 atom stereocenters. The van der Waals surface area contributed by atoms with E-state index in [-0.39, 0.29) is 11.8 Å². The molecule has 2 heteroatoms. The number of carbonyl (C=O) groups excluding carboxylic acids is 1. The highest BCUT2D eigenvalue weighted by Crippen LogP contribution is 2.21. The van der Waals surface area contributed by atoms with Gasteiger partial charge in [-0.1, -0.05) is 44.9 Å². The van der Waals surface area contributed by atoms with Crippen LogP contribution in [0, 0.1) is 19.8 Å². The molecule has 1 aromatic carbocycles. The zero-order valence-corrected chi connectivity index (χ0v) is 11.3. The van der Waals surface area contributed by atoms with Gasteiger partial charge >= 0.3 is 0 Å². The second kappa shape index (κ2) is 6.43. The van der Waals surface area contributed by atoms with Crippen molar-refractivity contribution in [2.45, 2.75) is 47.0 Å². The van der Waals surface area contributed by atoms with Crippen LogP contribution in [0.25, 0.3) is 0 Å². The largest absolute Gasteiger partial charge is 0.325 e. The third kappa shape index (κ3) is 3.88. The Morgan fingerprint density at radius 1 is 1.29 bits per heavy atom. The Balaban J connectivity index is 2.68. The molecule has 0 spiro atoms. The normalized spacial score (nSPS) is 12.2. The average Bonchev–Trinajstić information content (AvgIpc) is 2.30. The van der Waals surface area contributed by atoms with E-state index in [0.29, 0.717) is 0 Å². The van der Waals surface area contributed by atoms with Gasteiger partial charge in [0.05, 0.1) is 0 Å². The van der Waals surface area contributed by atoms with E-state index in [4.69, 9.17) is 0 Å². The lowest BCUT2D eigenvalue weighted by Crippen LogP contribution is -2.21. The van der Waals surface area contributed by atoms with Crippen molar-refractivity contribution in [1.82, 2.24) is 0 Å². The van der Waals surface area contributed by atoms with Gasteiger partial charge in [-0.25, -0.2) is 0 Å². The summed E-state index contributed by atoms with van der Waals surface area (Å²) in [5.74, 6) is 0.227. The third-order valence-corrected chi connectivity index (χ3v) is 3.17. The molecule has 0 bridgehead atoms. The van der Waals surface area contributed by atoms with E-state index in [1.165, 1.54) is 0 Å².